The summed E-state index contributed by atoms with van der Waals surface area (Å²) in [6, 6.07) is 6.00. The second-order valence-electron chi connectivity index (χ2n) is 3.97. The number of rotatable bonds is 5. The number of aliphatic hydroxyl groups excluding tert-OH is 1. The summed E-state index contributed by atoms with van der Waals surface area (Å²) in [5.41, 5.74) is 2.21. The van der Waals surface area contributed by atoms with Crippen LogP contribution in [0.4, 0.5) is 0 Å². The summed E-state index contributed by atoms with van der Waals surface area (Å²) in [6.07, 6.45) is 4.05. The van der Waals surface area contributed by atoms with Gasteiger partial charge in [-0.1, -0.05) is 54.2 Å². The van der Waals surface area contributed by atoms with Crippen LogP contribution in [0.3, 0.4) is 0 Å². The molecule has 1 unspecified atom stereocenters. The Morgan fingerprint density at radius 3 is 2.73 bits per heavy atom. The lowest BCUT2D eigenvalue weighted by atomic mass is 9.99. The first-order chi connectivity index (χ1) is 7.16. The van der Waals surface area contributed by atoms with Crippen molar-refractivity contribution < 1.29 is 5.11 Å². The van der Waals surface area contributed by atoms with E-state index in [1.165, 1.54) is 12.8 Å². The Morgan fingerprint density at radius 2 is 2.07 bits per heavy atom. The molecular formula is C13H19BrO. The first-order valence-electron chi connectivity index (χ1n) is 5.60. The fourth-order valence-corrected chi connectivity index (χ4v) is 2.11. The third-order valence-electron chi connectivity index (χ3n) is 2.75. The smallest absolute Gasteiger partial charge is 0.0793 e. The molecule has 15 heavy (non-hydrogen) atoms. The molecule has 1 atom stereocenters. The van der Waals surface area contributed by atoms with E-state index >= 15 is 0 Å². The zero-order valence-electron chi connectivity index (χ0n) is 9.46. The minimum Gasteiger partial charge on any atom is -0.388 e. The van der Waals surface area contributed by atoms with Gasteiger partial charge in [0.05, 0.1) is 6.10 Å². The van der Waals surface area contributed by atoms with Gasteiger partial charge in [0.15, 0.2) is 0 Å². The minimum atomic E-state index is -0.311. The lowest BCUT2D eigenvalue weighted by Crippen LogP contribution is -2.00. The average Bonchev–Trinajstić information content (AvgIpc) is 2.22. The largest absolute Gasteiger partial charge is 0.388 e. The summed E-state index contributed by atoms with van der Waals surface area (Å²) in [4.78, 5) is 0. The van der Waals surface area contributed by atoms with E-state index in [2.05, 4.69) is 22.9 Å². The van der Waals surface area contributed by atoms with Gasteiger partial charge >= 0.3 is 0 Å². The van der Waals surface area contributed by atoms with E-state index in [1.807, 2.05) is 25.1 Å². The Balaban J connectivity index is 2.65. The van der Waals surface area contributed by atoms with Gasteiger partial charge < -0.3 is 5.11 Å². The molecule has 0 aliphatic heterocycles. The number of hydrogen-bond donors (Lipinski definition) is 1. The van der Waals surface area contributed by atoms with Crippen molar-refractivity contribution >= 4 is 15.9 Å². The van der Waals surface area contributed by atoms with Crippen LogP contribution in [0, 0.1) is 6.92 Å². The molecule has 0 fully saturated rings. The van der Waals surface area contributed by atoms with E-state index in [1.54, 1.807) is 0 Å². The van der Waals surface area contributed by atoms with Crippen LogP contribution < -0.4 is 0 Å². The summed E-state index contributed by atoms with van der Waals surface area (Å²) in [5, 5.41) is 10.0. The molecule has 2 heteroatoms. The molecule has 0 heterocycles. The Labute approximate surface area is 101 Å². The lowest BCUT2D eigenvalue weighted by Gasteiger charge is -2.14. The van der Waals surface area contributed by atoms with Crippen molar-refractivity contribution in [1.29, 1.82) is 0 Å². The SMILES string of the molecule is CCCCCC(O)c1cccc(Br)c1C. The van der Waals surface area contributed by atoms with Gasteiger partial charge in [0.25, 0.3) is 0 Å². The van der Waals surface area contributed by atoms with Crippen LogP contribution in [0.25, 0.3) is 0 Å². The lowest BCUT2D eigenvalue weighted by molar-refractivity contribution is 0.163. The highest BCUT2D eigenvalue weighted by molar-refractivity contribution is 9.10. The summed E-state index contributed by atoms with van der Waals surface area (Å²) < 4.78 is 1.08. The quantitative estimate of drug-likeness (QED) is 0.788. The molecule has 0 saturated carbocycles. The molecule has 0 radical (unpaired) electrons. The highest BCUT2D eigenvalue weighted by Gasteiger charge is 2.10. The standard InChI is InChI=1S/C13H19BrO/c1-3-4-5-9-13(15)11-7-6-8-12(14)10(11)2/h6-8,13,15H,3-5,9H2,1-2H3. The number of benzene rings is 1. The molecule has 1 N–H and O–H groups in total. The first kappa shape index (κ1) is 12.7. The number of aliphatic hydroxyl groups is 1. The third kappa shape index (κ3) is 3.62. The van der Waals surface area contributed by atoms with Crippen LogP contribution in [0.1, 0.15) is 49.8 Å². The number of unbranched alkanes of at least 4 members (excludes halogenated alkanes) is 2. The maximum Gasteiger partial charge on any atom is 0.0793 e. The fourth-order valence-electron chi connectivity index (χ4n) is 1.73. The molecule has 0 amide bonds. The maximum absolute atomic E-state index is 10.0. The van der Waals surface area contributed by atoms with E-state index < -0.39 is 0 Å². The van der Waals surface area contributed by atoms with Crippen LogP contribution in [-0.2, 0) is 0 Å². The summed E-state index contributed by atoms with van der Waals surface area (Å²) >= 11 is 3.49. The summed E-state index contributed by atoms with van der Waals surface area (Å²) in [6.45, 7) is 4.22. The second-order valence-corrected chi connectivity index (χ2v) is 4.82. The van der Waals surface area contributed by atoms with Crippen molar-refractivity contribution in [3.63, 3.8) is 0 Å². The highest BCUT2D eigenvalue weighted by atomic mass is 79.9. The van der Waals surface area contributed by atoms with Crippen LogP contribution in [0.5, 0.6) is 0 Å². The number of hydrogen-bond acceptors (Lipinski definition) is 1. The molecule has 0 spiro atoms. The molecule has 0 aliphatic rings. The first-order valence-corrected chi connectivity index (χ1v) is 6.39. The van der Waals surface area contributed by atoms with Crippen molar-refractivity contribution in [2.24, 2.45) is 0 Å². The van der Waals surface area contributed by atoms with Crippen molar-refractivity contribution in [3.8, 4) is 0 Å². The van der Waals surface area contributed by atoms with Gasteiger partial charge in [-0.25, -0.2) is 0 Å². The van der Waals surface area contributed by atoms with Crippen molar-refractivity contribution in [3.05, 3.63) is 33.8 Å². The van der Waals surface area contributed by atoms with Crippen molar-refractivity contribution in [2.45, 2.75) is 45.6 Å². The second kappa shape index (κ2) is 6.29. The van der Waals surface area contributed by atoms with E-state index in [0.29, 0.717) is 0 Å². The van der Waals surface area contributed by atoms with Crippen molar-refractivity contribution in [2.75, 3.05) is 0 Å². The minimum absolute atomic E-state index is 0.311. The van der Waals surface area contributed by atoms with E-state index in [4.69, 9.17) is 0 Å². The van der Waals surface area contributed by atoms with E-state index in [-0.39, 0.29) is 6.10 Å². The predicted molar refractivity (Wildman–Crippen MR) is 68.0 cm³/mol. The van der Waals surface area contributed by atoms with E-state index in [9.17, 15) is 5.11 Å². The topological polar surface area (TPSA) is 20.2 Å². The Bertz CT molecular complexity index is 309. The van der Waals surface area contributed by atoms with Gasteiger partial charge in [0.2, 0.25) is 0 Å². The third-order valence-corrected chi connectivity index (χ3v) is 3.61. The molecular weight excluding hydrogens is 252 g/mol. The monoisotopic (exact) mass is 270 g/mol. The van der Waals surface area contributed by atoms with Crippen molar-refractivity contribution in [1.82, 2.24) is 0 Å². The zero-order chi connectivity index (χ0) is 11.3. The molecule has 0 aliphatic carbocycles. The average molecular weight is 271 g/mol. The number of halogens is 1. The van der Waals surface area contributed by atoms with Crippen LogP contribution in [-0.4, -0.2) is 5.11 Å². The van der Waals surface area contributed by atoms with Crippen LogP contribution in [0.2, 0.25) is 0 Å². The highest BCUT2D eigenvalue weighted by Crippen LogP contribution is 2.27. The molecule has 84 valence electrons. The molecule has 0 aromatic heterocycles. The van der Waals surface area contributed by atoms with Gasteiger partial charge in [-0.3, -0.25) is 0 Å². The molecule has 1 nitrogen and oxygen atoms in total. The van der Waals surface area contributed by atoms with E-state index in [0.717, 1.165) is 28.4 Å². The van der Waals surface area contributed by atoms with Gasteiger partial charge in [0, 0.05) is 4.47 Å². The summed E-state index contributed by atoms with van der Waals surface area (Å²) in [5.74, 6) is 0. The Hall–Kier alpha value is -0.340. The Kier molecular flexibility index (Phi) is 5.34. The molecule has 0 saturated heterocycles. The molecule has 1 rings (SSSR count). The van der Waals surface area contributed by atoms with Gasteiger partial charge in [-0.15, -0.1) is 0 Å². The zero-order valence-corrected chi connectivity index (χ0v) is 11.0. The Morgan fingerprint density at radius 1 is 1.33 bits per heavy atom. The molecule has 1 aromatic carbocycles. The maximum atomic E-state index is 10.0. The van der Waals surface area contributed by atoms with Gasteiger partial charge in [-0.05, 0) is 30.5 Å². The normalized spacial score (nSPS) is 12.8. The van der Waals surface area contributed by atoms with Crippen LogP contribution >= 0.6 is 15.9 Å². The fraction of sp³-hybridized carbons (Fsp3) is 0.538. The summed E-state index contributed by atoms with van der Waals surface area (Å²) in [7, 11) is 0. The van der Waals surface area contributed by atoms with Crippen LogP contribution in [0.15, 0.2) is 22.7 Å². The predicted octanol–water partition coefficient (Wildman–Crippen LogP) is 4.37. The molecule has 0 bridgehead atoms. The van der Waals surface area contributed by atoms with Gasteiger partial charge in [-0.2, -0.15) is 0 Å². The van der Waals surface area contributed by atoms with Gasteiger partial charge in [0.1, 0.15) is 0 Å². The molecule has 1 aromatic rings.